The normalized spacial score (nSPS) is 10.9. The van der Waals surface area contributed by atoms with Crippen LogP contribution in [0.5, 0.6) is 5.75 Å². The molecular weight excluding hydrogens is 362 g/mol. The fourth-order valence-electron chi connectivity index (χ4n) is 2.78. The lowest BCUT2D eigenvalue weighted by Crippen LogP contribution is -2.24. The minimum absolute atomic E-state index is 0.123. The maximum atomic E-state index is 11.9. The predicted octanol–water partition coefficient (Wildman–Crippen LogP) is 4.28. The van der Waals surface area contributed by atoms with Gasteiger partial charge >= 0.3 is 0 Å². The first-order valence-corrected chi connectivity index (χ1v) is 8.87. The van der Waals surface area contributed by atoms with Crippen LogP contribution in [-0.4, -0.2) is 23.3 Å². The van der Waals surface area contributed by atoms with E-state index < -0.39 is 0 Å². The molecule has 0 fully saturated rings. The fourth-order valence-corrected chi connectivity index (χ4v) is 2.90. The Hall–Kier alpha value is -3.05. The van der Waals surface area contributed by atoms with Crippen molar-refractivity contribution < 1.29 is 9.53 Å². The Bertz CT molecular complexity index is 948. The molecule has 6 heteroatoms. The standard InChI is InChI=1S/C21H20ClN3O2/c1-15-12-17(16(2)25(15)19-6-4-3-5-7-19)13-23-24-21(26)14-27-20-10-8-18(22)9-11-20/h3-13H,14H2,1-2H3,(H,24,26)/b23-13-. The Morgan fingerprint density at radius 1 is 1.15 bits per heavy atom. The largest absolute Gasteiger partial charge is 0.484 e. The van der Waals surface area contributed by atoms with Gasteiger partial charge in [0.15, 0.2) is 6.61 Å². The Morgan fingerprint density at radius 3 is 2.56 bits per heavy atom. The molecule has 1 heterocycles. The highest BCUT2D eigenvalue weighted by molar-refractivity contribution is 6.30. The van der Waals surface area contributed by atoms with Crippen molar-refractivity contribution in [3.8, 4) is 11.4 Å². The number of carbonyl (C=O) groups is 1. The van der Waals surface area contributed by atoms with Crippen molar-refractivity contribution in [1.82, 2.24) is 9.99 Å². The average molecular weight is 382 g/mol. The smallest absolute Gasteiger partial charge is 0.277 e. The van der Waals surface area contributed by atoms with E-state index in [1.807, 2.05) is 38.1 Å². The number of nitrogens with one attached hydrogen (secondary N) is 1. The van der Waals surface area contributed by atoms with Crippen molar-refractivity contribution in [2.45, 2.75) is 13.8 Å². The molecule has 0 atom stereocenters. The zero-order valence-corrected chi connectivity index (χ0v) is 15.9. The first-order valence-electron chi connectivity index (χ1n) is 8.49. The minimum atomic E-state index is -0.335. The van der Waals surface area contributed by atoms with Gasteiger partial charge in [0.1, 0.15) is 5.75 Å². The highest BCUT2D eigenvalue weighted by atomic mass is 35.5. The number of amides is 1. The Balaban J connectivity index is 1.60. The minimum Gasteiger partial charge on any atom is -0.484 e. The zero-order valence-electron chi connectivity index (χ0n) is 15.1. The second-order valence-corrected chi connectivity index (χ2v) is 6.47. The summed E-state index contributed by atoms with van der Waals surface area (Å²) in [5.41, 5.74) is 6.65. The van der Waals surface area contributed by atoms with Gasteiger partial charge in [0.05, 0.1) is 6.21 Å². The molecule has 1 amide bonds. The lowest BCUT2D eigenvalue weighted by Gasteiger charge is -2.09. The van der Waals surface area contributed by atoms with Crippen LogP contribution in [0.2, 0.25) is 5.02 Å². The van der Waals surface area contributed by atoms with E-state index in [-0.39, 0.29) is 12.5 Å². The van der Waals surface area contributed by atoms with Crippen molar-refractivity contribution in [1.29, 1.82) is 0 Å². The van der Waals surface area contributed by atoms with E-state index >= 15 is 0 Å². The van der Waals surface area contributed by atoms with Crippen LogP contribution in [0.25, 0.3) is 5.69 Å². The van der Waals surface area contributed by atoms with E-state index in [4.69, 9.17) is 16.3 Å². The second kappa shape index (κ2) is 8.56. The number of hydrogen-bond acceptors (Lipinski definition) is 3. The SMILES string of the molecule is Cc1cc(/C=N\NC(=O)COc2ccc(Cl)cc2)c(C)n1-c1ccccc1. The molecule has 0 aliphatic heterocycles. The van der Waals surface area contributed by atoms with E-state index in [0.717, 1.165) is 22.6 Å². The lowest BCUT2D eigenvalue weighted by molar-refractivity contribution is -0.123. The van der Waals surface area contributed by atoms with E-state index in [0.29, 0.717) is 10.8 Å². The molecule has 5 nitrogen and oxygen atoms in total. The van der Waals surface area contributed by atoms with Crippen molar-refractivity contribution in [3.63, 3.8) is 0 Å². The van der Waals surface area contributed by atoms with Crippen LogP contribution in [0.15, 0.2) is 65.8 Å². The molecule has 27 heavy (non-hydrogen) atoms. The molecule has 0 radical (unpaired) electrons. The monoisotopic (exact) mass is 381 g/mol. The Labute approximate surface area is 163 Å². The summed E-state index contributed by atoms with van der Waals surface area (Å²) < 4.78 is 7.53. The lowest BCUT2D eigenvalue weighted by atomic mass is 10.2. The summed E-state index contributed by atoms with van der Waals surface area (Å²) in [6, 6.07) is 18.9. The van der Waals surface area contributed by atoms with Crippen molar-refractivity contribution in [2.24, 2.45) is 5.10 Å². The Kier molecular flexibility index (Phi) is 5.94. The molecule has 0 saturated carbocycles. The van der Waals surface area contributed by atoms with Gasteiger partial charge in [0, 0.05) is 27.7 Å². The van der Waals surface area contributed by atoms with Gasteiger partial charge in [-0.15, -0.1) is 0 Å². The molecule has 3 rings (SSSR count). The van der Waals surface area contributed by atoms with Crippen LogP contribution in [0.1, 0.15) is 17.0 Å². The predicted molar refractivity (Wildman–Crippen MR) is 108 cm³/mol. The number of hydrazone groups is 1. The first-order chi connectivity index (χ1) is 13.0. The molecule has 0 spiro atoms. The van der Waals surface area contributed by atoms with Crippen LogP contribution in [0.4, 0.5) is 0 Å². The molecule has 2 aromatic carbocycles. The molecule has 0 unspecified atom stereocenters. The van der Waals surface area contributed by atoms with Gasteiger partial charge in [0.2, 0.25) is 0 Å². The first kappa shape index (κ1) is 18.7. The van der Waals surface area contributed by atoms with Crippen LogP contribution in [0, 0.1) is 13.8 Å². The number of benzene rings is 2. The molecule has 0 aliphatic rings. The van der Waals surface area contributed by atoms with Crippen LogP contribution in [0.3, 0.4) is 0 Å². The number of halogens is 1. The molecule has 1 aromatic heterocycles. The molecule has 0 bridgehead atoms. The number of aromatic nitrogens is 1. The summed E-state index contributed by atoms with van der Waals surface area (Å²) in [6.45, 7) is 3.94. The molecule has 138 valence electrons. The number of hydrogen-bond donors (Lipinski definition) is 1. The summed E-state index contributed by atoms with van der Waals surface area (Å²) in [6.07, 6.45) is 1.64. The van der Waals surface area contributed by atoms with Crippen molar-refractivity contribution >= 4 is 23.7 Å². The van der Waals surface area contributed by atoms with Gasteiger partial charge in [-0.2, -0.15) is 5.10 Å². The molecular formula is C21H20ClN3O2. The van der Waals surface area contributed by atoms with Crippen molar-refractivity contribution in [2.75, 3.05) is 6.61 Å². The number of ether oxygens (including phenoxy) is 1. The highest BCUT2D eigenvalue weighted by Crippen LogP contribution is 2.19. The van der Waals surface area contributed by atoms with Crippen LogP contribution < -0.4 is 10.2 Å². The second-order valence-electron chi connectivity index (χ2n) is 6.03. The summed E-state index contributed by atoms with van der Waals surface area (Å²) in [5, 5.41) is 4.65. The summed E-state index contributed by atoms with van der Waals surface area (Å²) >= 11 is 5.81. The van der Waals surface area contributed by atoms with Gasteiger partial charge in [-0.3, -0.25) is 4.79 Å². The maximum absolute atomic E-state index is 11.9. The third-order valence-corrected chi connectivity index (χ3v) is 4.31. The van der Waals surface area contributed by atoms with Crippen molar-refractivity contribution in [3.05, 3.63) is 82.6 Å². The summed E-state index contributed by atoms with van der Waals surface area (Å²) in [5.74, 6) is 0.239. The third kappa shape index (κ3) is 4.77. The van der Waals surface area contributed by atoms with Gasteiger partial charge in [-0.1, -0.05) is 29.8 Å². The molecule has 0 aliphatic carbocycles. The number of carbonyl (C=O) groups excluding carboxylic acids is 1. The van der Waals surface area contributed by atoms with Gasteiger partial charge in [-0.25, -0.2) is 5.43 Å². The van der Waals surface area contributed by atoms with E-state index in [9.17, 15) is 4.79 Å². The van der Waals surface area contributed by atoms with Crippen LogP contribution >= 0.6 is 11.6 Å². The number of rotatable bonds is 6. The Morgan fingerprint density at radius 2 is 1.85 bits per heavy atom. The van der Waals surface area contributed by atoms with E-state index in [2.05, 4.69) is 27.2 Å². The fraction of sp³-hybridized carbons (Fsp3) is 0.143. The molecule has 0 saturated heterocycles. The zero-order chi connectivity index (χ0) is 19.2. The van der Waals surface area contributed by atoms with E-state index in [1.165, 1.54) is 0 Å². The molecule has 1 N–H and O–H groups in total. The third-order valence-electron chi connectivity index (χ3n) is 4.06. The molecule has 3 aromatic rings. The quantitative estimate of drug-likeness (QED) is 0.512. The number of aryl methyl sites for hydroxylation is 1. The summed E-state index contributed by atoms with van der Waals surface area (Å²) in [4.78, 5) is 11.9. The highest BCUT2D eigenvalue weighted by Gasteiger charge is 2.09. The average Bonchev–Trinajstić information content (AvgIpc) is 2.95. The maximum Gasteiger partial charge on any atom is 0.277 e. The summed E-state index contributed by atoms with van der Waals surface area (Å²) in [7, 11) is 0. The van der Waals surface area contributed by atoms with Gasteiger partial charge in [0.25, 0.3) is 5.91 Å². The van der Waals surface area contributed by atoms with Crippen LogP contribution in [-0.2, 0) is 4.79 Å². The number of para-hydroxylation sites is 1. The van der Waals surface area contributed by atoms with Gasteiger partial charge in [-0.05, 0) is 56.3 Å². The topological polar surface area (TPSA) is 55.6 Å². The van der Waals surface area contributed by atoms with Gasteiger partial charge < -0.3 is 9.30 Å². The number of nitrogens with zero attached hydrogens (tertiary/aromatic N) is 2. The van der Waals surface area contributed by atoms with E-state index in [1.54, 1.807) is 30.5 Å².